The van der Waals surface area contributed by atoms with Gasteiger partial charge in [0, 0.05) is 6.42 Å². The third kappa shape index (κ3) is 46.3. The van der Waals surface area contributed by atoms with Crippen LogP contribution in [-0.2, 0) is 18.4 Å². The molecule has 0 fully saturated rings. The molecule has 0 aromatic carbocycles. The van der Waals surface area contributed by atoms with E-state index in [0.717, 1.165) is 44.9 Å². The van der Waals surface area contributed by atoms with Crippen LogP contribution in [0.25, 0.3) is 0 Å². The average molecular weight is 879 g/mol. The molecule has 0 bridgehead atoms. The van der Waals surface area contributed by atoms with Crippen LogP contribution < -0.4 is 10.2 Å². The van der Waals surface area contributed by atoms with Crippen molar-refractivity contribution in [1.29, 1.82) is 0 Å². The van der Waals surface area contributed by atoms with E-state index in [1.807, 2.05) is 33.3 Å². The normalized spacial score (nSPS) is 14.5. The minimum absolute atomic E-state index is 0.00167. The number of aliphatic hydroxyl groups is 1. The second-order valence-electron chi connectivity index (χ2n) is 18.5. The van der Waals surface area contributed by atoms with Crippen LogP contribution in [0, 0.1) is 0 Å². The number of phosphoric acid groups is 1. The number of unbranched alkanes of at least 4 members (excludes halogenated alkanes) is 25. The quantitative estimate of drug-likeness (QED) is 0.0273. The molecular weight excluding hydrogens is 780 g/mol. The number of hydrogen-bond donors (Lipinski definition) is 2. The van der Waals surface area contributed by atoms with E-state index < -0.39 is 20.0 Å². The van der Waals surface area contributed by atoms with Crippen LogP contribution in [0.1, 0.15) is 226 Å². The van der Waals surface area contributed by atoms with Crippen molar-refractivity contribution in [3.05, 3.63) is 48.6 Å². The fourth-order valence-corrected chi connectivity index (χ4v) is 8.07. The highest BCUT2D eigenvalue weighted by Crippen LogP contribution is 2.38. The first kappa shape index (κ1) is 59.5. The van der Waals surface area contributed by atoms with Crippen LogP contribution in [-0.4, -0.2) is 68.5 Å². The number of carbonyl (C=O) groups excluding carboxylic acids is 1. The molecule has 0 spiro atoms. The van der Waals surface area contributed by atoms with E-state index in [4.69, 9.17) is 9.05 Å². The summed E-state index contributed by atoms with van der Waals surface area (Å²) in [5.74, 6) is -0.244. The third-order valence-electron chi connectivity index (χ3n) is 11.3. The summed E-state index contributed by atoms with van der Waals surface area (Å²) in [6.45, 7) is 4.56. The smallest absolute Gasteiger partial charge is 0.268 e. The van der Waals surface area contributed by atoms with Crippen LogP contribution >= 0.6 is 7.82 Å². The lowest BCUT2D eigenvalue weighted by molar-refractivity contribution is -0.870. The molecule has 0 rings (SSSR count). The number of hydrogen-bond acceptors (Lipinski definition) is 6. The zero-order valence-corrected chi connectivity index (χ0v) is 41.5. The Hall–Kier alpha value is -1.54. The molecule has 358 valence electrons. The van der Waals surface area contributed by atoms with E-state index in [9.17, 15) is 19.4 Å². The highest BCUT2D eigenvalue weighted by Gasteiger charge is 2.24. The maximum Gasteiger partial charge on any atom is 0.268 e. The molecule has 0 aliphatic rings. The largest absolute Gasteiger partial charge is 0.756 e. The first-order valence-electron chi connectivity index (χ1n) is 25.5. The van der Waals surface area contributed by atoms with Gasteiger partial charge in [-0.3, -0.25) is 9.36 Å². The molecule has 61 heavy (non-hydrogen) atoms. The van der Waals surface area contributed by atoms with Crippen molar-refractivity contribution in [1.82, 2.24) is 5.32 Å². The Bertz CT molecular complexity index is 1130. The number of allylic oxidation sites excluding steroid dienone is 8. The molecule has 0 aromatic rings. The second kappa shape index (κ2) is 43.7. The maximum atomic E-state index is 12.8. The van der Waals surface area contributed by atoms with Gasteiger partial charge < -0.3 is 28.8 Å². The lowest BCUT2D eigenvalue weighted by Gasteiger charge is -2.30. The zero-order valence-electron chi connectivity index (χ0n) is 40.6. The SMILES string of the molecule is CC/C=C\C/C=C\C/C=C\C/C=C\CCC(=O)NC(COP(=O)([O-])OCC[N+](C)(C)C)C(O)CCCCCCCCCCCCCCCCCCCCCCCCCCCC. The van der Waals surface area contributed by atoms with Crippen LogP contribution in [0.5, 0.6) is 0 Å². The summed E-state index contributed by atoms with van der Waals surface area (Å²) >= 11 is 0. The zero-order chi connectivity index (χ0) is 45.0. The molecule has 2 N–H and O–H groups in total. The molecule has 0 aliphatic heterocycles. The van der Waals surface area contributed by atoms with Gasteiger partial charge in [-0.2, -0.15) is 0 Å². The number of phosphoric ester groups is 1. The van der Waals surface area contributed by atoms with Gasteiger partial charge in [-0.1, -0.05) is 229 Å². The molecule has 0 aromatic heterocycles. The summed E-state index contributed by atoms with van der Waals surface area (Å²) in [5.41, 5.74) is 0. The summed E-state index contributed by atoms with van der Waals surface area (Å²) in [6, 6.07) is -0.839. The van der Waals surface area contributed by atoms with Gasteiger partial charge in [0.15, 0.2) is 0 Å². The predicted molar refractivity (Wildman–Crippen MR) is 261 cm³/mol. The summed E-state index contributed by atoms with van der Waals surface area (Å²) < 4.78 is 23.3. The van der Waals surface area contributed by atoms with Crippen molar-refractivity contribution in [3.8, 4) is 0 Å². The topological polar surface area (TPSA) is 108 Å². The van der Waals surface area contributed by atoms with E-state index in [1.54, 1.807) is 0 Å². The molecule has 0 radical (unpaired) electrons. The van der Waals surface area contributed by atoms with Crippen LogP contribution in [0.3, 0.4) is 0 Å². The molecule has 1 amide bonds. The summed E-state index contributed by atoms with van der Waals surface area (Å²) in [6.07, 6.45) is 55.9. The fourth-order valence-electron chi connectivity index (χ4n) is 7.35. The minimum Gasteiger partial charge on any atom is -0.756 e. The number of carbonyl (C=O) groups is 1. The predicted octanol–water partition coefficient (Wildman–Crippen LogP) is 14.2. The third-order valence-corrected chi connectivity index (χ3v) is 12.3. The van der Waals surface area contributed by atoms with Crippen molar-refractivity contribution < 1.29 is 32.9 Å². The van der Waals surface area contributed by atoms with Gasteiger partial charge in [0.25, 0.3) is 7.82 Å². The standard InChI is InChI=1S/C52H99N2O6P/c1-6-8-10-12-14-16-18-20-21-22-23-24-25-26-27-28-29-30-31-32-34-35-37-39-41-43-45-51(55)50(49-60-61(57,58)59-48-47-54(3,4)5)53-52(56)46-44-42-40-38-36-33-19-17-15-13-11-9-7-2/h9,11,15,17,33,36,40,42,50-51,55H,6-8,10,12-14,16,18-32,34-35,37-39,41,43-49H2,1-5H3,(H-,53,56,57,58)/b11-9-,17-15-,36-33-,42-40-. The van der Waals surface area contributed by atoms with Gasteiger partial charge in [0.1, 0.15) is 13.2 Å². The van der Waals surface area contributed by atoms with Gasteiger partial charge in [-0.05, 0) is 38.5 Å². The lowest BCUT2D eigenvalue weighted by atomic mass is 10.0. The van der Waals surface area contributed by atoms with Crippen molar-refractivity contribution >= 4 is 13.7 Å². The fraction of sp³-hybridized carbons (Fsp3) is 0.827. The van der Waals surface area contributed by atoms with E-state index >= 15 is 0 Å². The highest BCUT2D eigenvalue weighted by molar-refractivity contribution is 7.45. The number of aliphatic hydroxyl groups excluding tert-OH is 1. The molecule has 9 heteroatoms. The van der Waals surface area contributed by atoms with Crippen molar-refractivity contribution in [2.75, 3.05) is 40.9 Å². The van der Waals surface area contributed by atoms with Crippen molar-refractivity contribution in [2.45, 2.75) is 238 Å². The Morgan fingerprint density at radius 3 is 1.36 bits per heavy atom. The minimum atomic E-state index is -4.59. The number of nitrogens with one attached hydrogen (secondary N) is 1. The van der Waals surface area contributed by atoms with Gasteiger partial charge in [0.05, 0.1) is 39.9 Å². The molecule has 0 aliphatic carbocycles. The molecule has 3 atom stereocenters. The summed E-state index contributed by atoms with van der Waals surface area (Å²) in [4.78, 5) is 25.3. The van der Waals surface area contributed by atoms with Crippen LogP contribution in [0.15, 0.2) is 48.6 Å². The monoisotopic (exact) mass is 879 g/mol. The Labute approximate surface area is 378 Å². The average Bonchev–Trinajstić information content (AvgIpc) is 3.21. The molecule has 0 heterocycles. The van der Waals surface area contributed by atoms with E-state index in [0.29, 0.717) is 23.9 Å². The van der Waals surface area contributed by atoms with Gasteiger partial charge in [-0.25, -0.2) is 0 Å². The molecule has 0 saturated heterocycles. The first-order valence-corrected chi connectivity index (χ1v) is 26.9. The molecule has 3 unspecified atom stereocenters. The number of rotatable bonds is 46. The van der Waals surface area contributed by atoms with Crippen LogP contribution in [0.4, 0.5) is 0 Å². The Balaban J connectivity index is 4.20. The number of amides is 1. The molecular formula is C52H99N2O6P. The number of nitrogens with zero attached hydrogens (tertiary/aromatic N) is 1. The Morgan fingerprint density at radius 2 is 0.967 bits per heavy atom. The highest BCUT2D eigenvalue weighted by atomic mass is 31.2. The van der Waals surface area contributed by atoms with Gasteiger partial charge in [-0.15, -0.1) is 0 Å². The van der Waals surface area contributed by atoms with Crippen molar-refractivity contribution in [2.24, 2.45) is 0 Å². The van der Waals surface area contributed by atoms with Gasteiger partial charge >= 0.3 is 0 Å². The molecule has 8 nitrogen and oxygen atoms in total. The van der Waals surface area contributed by atoms with Crippen LogP contribution in [0.2, 0.25) is 0 Å². The summed E-state index contributed by atoms with van der Waals surface area (Å²) in [5, 5.41) is 13.9. The van der Waals surface area contributed by atoms with Gasteiger partial charge in [0.2, 0.25) is 5.91 Å². The first-order chi connectivity index (χ1) is 29.5. The van der Waals surface area contributed by atoms with E-state index in [2.05, 4.69) is 55.6 Å². The molecule has 0 saturated carbocycles. The Kier molecular flexibility index (Phi) is 42.6. The number of likely N-dealkylation sites (N-methyl/N-ethyl adjacent to an activating group) is 1. The van der Waals surface area contributed by atoms with E-state index in [1.165, 1.54) is 148 Å². The number of quaternary nitrogens is 1. The van der Waals surface area contributed by atoms with Crippen molar-refractivity contribution in [3.63, 3.8) is 0 Å². The lowest BCUT2D eigenvalue weighted by Crippen LogP contribution is -2.46. The summed E-state index contributed by atoms with van der Waals surface area (Å²) in [7, 11) is 1.26. The Morgan fingerprint density at radius 1 is 0.590 bits per heavy atom. The maximum absolute atomic E-state index is 12.8. The second-order valence-corrected chi connectivity index (χ2v) is 19.9. The van der Waals surface area contributed by atoms with E-state index in [-0.39, 0.29) is 25.5 Å².